The van der Waals surface area contributed by atoms with Gasteiger partial charge in [0.25, 0.3) is 0 Å². The molecule has 1 N–H and O–H groups in total. The molecule has 0 spiro atoms. The number of aliphatic carboxylic acids is 1. The molecule has 0 amide bonds. The molecule has 6 heteroatoms. The minimum absolute atomic E-state index is 0.835. The summed E-state index contributed by atoms with van der Waals surface area (Å²) in [5.74, 6) is -0.195. The van der Waals surface area contributed by atoms with E-state index in [1.54, 1.807) is 6.08 Å². The van der Waals surface area contributed by atoms with E-state index in [-0.39, 0.29) is 0 Å². The van der Waals surface area contributed by atoms with Gasteiger partial charge < -0.3 is 19.7 Å². The maximum absolute atomic E-state index is 10.6. The van der Waals surface area contributed by atoms with Gasteiger partial charge in [0.2, 0.25) is 0 Å². The number of nitrogens with zero attached hydrogens (tertiary/aromatic N) is 3. The normalized spacial score (nSPS) is 17.3. The van der Waals surface area contributed by atoms with Gasteiger partial charge in [-0.2, -0.15) is 5.10 Å². The molecule has 1 fully saturated rings. The van der Waals surface area contributed by atoms with Crippen LogP contribution < -0.4 is 14.9 Å². The molecule has 1 saturated heterocycles. The Morgan fingerprint density at radius 2 is 2.05 bits per heavy atom. The minimum atomic E-state index is -1.18. The number of hydrogen-bond acceptors (Lipinski definition) is 4. The van der Waals surface area contributed by atoms with Crippen LogP contribution in [0.15, 0.2) is 6.08 Å². The van der Waals surface area contributed by atoms with Crippen LogP contribution in [0.1, 0.15) is 11.3 Å². The number of aryl methyl sites for hydroxylation is 2. The molecule has 1 aliphatic rings. The molecule has 104 valence electrons. The summed E-state index contributed by atoms with van der Waals surface area (Å²) < 4.78 is 1.82. The van der Waals surface area contributed by atoms with Gasteiger partial charge in [-0.05, 0) is 19.1 Å². The number of carbonyl (C=O) groups excluding carboxylic acids is 1. The van der Waals surface area contributed by atoms with Crippen molar-refractivity contribution in [1.29, 1.82) is 0 Å². The second kappa shape index (κ2) is 5.44. The smallest absolute Gasteiger partial charge is 0.134 e. The third-order valence-electron chi connectivity index (χ3n) is 3.54. The summed E-state index contributed by atoms with van der Waals surface area (Å²) in [4.78, 5) is 14.4. The van der Waals surface area contributed by atoms with Gasteiger partial charge in [-0.3, -0.25) is 4.68 Å². The fraction of sp³-hybridized carbons (Fsp3) is 0.538. The van der Waals surface area contributed by atoms with E-state index in [9.17, 15) is 9.90 Å². The lowest BCUT2D eigenvalue weighted by Gasteiger charge is -2.32. The summed E-state index contributed by atoms with van der Waals surface area (Å²) in [5.41, 5.74) is 1.70. The lowest BCUT2D eigenvalue weighted by Crippen LogP contribution is -3.12. The van der Waals surface area contributed by atoms with Crippen LogP contribution in [0.5, 0.6) is 0 Å². The first kappa shape index (κ1) is 13.6. The first-order chi connectivity index (χ1) is 8.99. The second-order valence-corrected chi connectivity index (χ2v) is 5.04. The fourth-order valence-electron chi connectivity index (χ4n) is 2.48. The Morgan fingerprint density at radius 1 is 1.42 bits per heavy atom. The number of quaternary nitrogens is 1. The molecular formula is C13H20N4O2. The van der Waals surface area contributed by atoms with Crippen LogP contribution in [-0.4, -0.2) is 49.0 Å². The summed E-state index contributed by atoms with van der Waals surface area (Å²) in [6, 6.07) is 0. The largest absolute Gasteiger partial charge is 0.545 e. The van der Waals surface area contributed by atoms with Gasteiger partial charge in [0.05, 0.1) is 44.9 Å². The lowest BCUT2D eigenvalue weighted by molar-refractivity contribution is -0.880. The van der Waals surface area contributed by atoms with Gasteiger partial charge in [0, 0.05) is 12.6 Å². The molecule has 0 saturated carbocycles. The van der Waals surface area contributed by atoms with Crippen LogP contribution in [0.2, 0.25) is 0 Å². The van der Waals surface area contributed by atoms with Gasteiger partial charge in [-0.15, -0.1) is 0 Å². The number of carboxylic acid groups (broad SMARTS) is 1. The van der Waals surface area contributed by atoms with Gasteiger partial charge in [0.1, 0.15) is 5.82 Å². The zero-order valence-corrected chi connectivity index (χ0v) is 11.6. The molecule has 0 atom stereocenters. The first-order valence-electron chi connectivity index (χ1n) is 6.48. The highest BCUT2D eigenvalue weighted by molar-refractivity contribution is 5.85. The summed E-state index contributed by atoms with van der Waals surface area (Å²) in [7, 11) is 4.08. The van der Waals surface area contributed by atoms with E-state index in [4.69, 9.17) is 0 Å². The predicted octanol–water partition coefficient (Wildman–Crippen LogP) is -2.17. The zero-order valence-electron chi connectivity index (χ0n) is 11.6. The molecule has 2 rings (SSSR count). The molecule has 6 nitrogen and oxygen atoms in total. The Bertz CT molecular complexity index is 499. The van der Waals surface area contributed by atoms with E-state index in [2.05, 4.69) is 17.0 Å². The number of anilines is 1. The minimum Gasteiger partial charge on any atom is -0.545 e. The van der Waals surface area contributed by atoms with Crippen molar-refractivity contribution >= 4 is 17.9 Å². The van der Waals surface area contributed by atoms with E-state index < -0.39 is 5.97 Å². The summed E-state index contributed by atoms with van der Waals surface area (Å²) in [6.07, 6.45) is 2.65. The van der Waals surface area contributed by atoms with Crippen LogP contribution in [-0.2, 0) is 11.8 Å². The zero-order chi connectivity index (χ0) is 14.0. The predicted molar refractivity (Wildman–Crippen MR) is 70.8 cm³/mol. The standard InChI is InChI=1S/C13H20N4O2/c1-10-11(4-5-12(18)19)13(16(3)14-10)17-8-6-15(2)7-9-17/h4-5H,6-9H2,1-3H3,(H,18,19)/b5-4+. The highest BCUT2D eigenvalue weighted by atomic mass is 16.4. The molecule has 0 bridgehead atoms. The number of nitrogens with one attached hydrogen (secondary N) is 1. The third kappa shape index (κ3) is 2.96. The second-order valence-electron chi connectivity index (χ2n) is 5.04. The van der Waals surface area contributed by atoms with Crippen molar-refractivity contribution in [3.8, 4) is 0 Å². The maximum Gasteiger partial charge on any atom is 0.134 e. The average molecular weight is 264 g/mol. The van der Waals surface area contributed by atoms with Crippen molar-refractivity contribution in [1.82, 2.24) is 9.78 Å². The highest BCUT2D eigenvalue weighted by Gasteiger charge is 2.22. The van der Waals surface area contributed by atoms with E-state index in [1.807, 2.05) is 18.7 Å². The summed E-state index contributed by atoms with van der Waals surface area (Å²) in [5, 5.41) is 15.0. The molecule has 1 aromatic heterocycles. The van der Waals surface area contributed by atoms with Crippen LogP contribution in [0.4, 0.5) is 5.82 Å². The lowest BCUT2D eigenvalue weighted by atomic mass is 10.2. The van der Waals surface area contributed by atoms with Gasteiger partial charge >= 0.3 is 0 Å². The third-order valence-corrected chi connectivity index (χ3v) is 3.54. The monoisotopic (exact) mass is 264 g/mol. The van der Waals surface area contributed by atoms with E-state index >= 15 is 0 Å². The Hall–Kier alpha value is -1.82. The summed E-state index contributed by atoms with van der Waals surface area (Å²) >= 11 is 0. The van der Waals surface area contributed by atoms with Crippen molar-refractivity contribution in [3.05, 3.63) is 17.3 Å². The Balaban J connectivity index is 2.31. The number of likely N-dealkylation sites (N-methyl/N-ethyl adjacent to an activating group) is 1. The Morgan fingerprint density at radius 3 is 2.63 bits per heavy atom. The number of aromatic nitrogens is 2. The van der Waals surface area contributed by atoms with Gasteiger partial charge in [0.15, 0.2) is 0 Å². The molecule has 0 aliphatic carbocycles. The molecule has 1 aromatic rings. The maximum atomic E-state index is 10.6. The van der Waals surface area contributed by atoms with Gasteiger partial charge in [-0.1, -0.05) is 0 Å². The summed E-state index contributed by atoms with van der Waals surface area (Å²) in [6.45, 7) is 5.95. The Kier molecular flexibility index (Phi) is 3.90. The molecular weight excluding hydrogens is 244 g/mol. The molecule has 0 radical (unpaired) electrons. The highest BCUT2D eigenvalue weighted by Crippen LogP contribution is 2.24. The SMILES string of the molecule is Cc1nn(C)c(N2CC[NH+](C)CC2)c1/C=C/C(=O)[O-]. The number of hydrogen-bond donors (Lipinski definition) is 1. The number of piperazine rings is 1. The van der Waals surface area contributed by atoms with Crippen LogP contribution >= 0.6 is 0 Å². The van der Waals surface area contributed by atoms with Crippen molar-refractivity contribution in [2.45, 2.75) is 6.92 Å². The topological polar surface area (TPSA) is 65.6 Å². The molecule has 19 heavy (non-hydrogen) atoms. The quantitative estimate of drug-likeness (QED) is 0.631. The number of rotatable bonds is 3. The number of carboxylic acids is 1. The Labute approximate surface area is 112 Å². The number of carbonyl (C=O) groups is 1. The van der Waals surface area contributed by atoms with Crippen molar-refractivity contribution in [3.63, 3.8) is 0 Å². The van der Waals surface area contributed by atoms with Crippen LogP contribution in [0, 0.1) is 6.92 Å². The molecule has 2 heterocycles. The van der Waals surface area contributed by atoms with Crippen LogP contribution in [0.3, 0.4) is 0 Å². The molecule has 0 unspecified atom stereocenters. The van der Waals surface area contributed by atoms with Crippen LogP contribution in [0.25, 0.3) is 6.08 Å². The molecule has 0 aromatic carbocycles. The fourth-order valence-corrected chi connectivity index (χ4v) is 2.48. The van der Waals surface area contributed by atoms with E-state index in [1.165, 1.54) is 4.90 Å². The van der Waals surface area contributed by atoms with Crippen molar-refractivity contribution in [2.24, 2.45) is 7.05 Å². The average Bonchev–Trinajstić information content (AvgIpc) is 2.62. The van der Waals surface area contributed by atoms with Crippen molar-refractivity contribution in [2.75, 3.05) is 38.1 Å². The van der Waals surface area contributed by atoms with Crippen molar-refractivity contribution < 1.29 is 14.8 Å². The van der Waals surface area contributed by atoms with E-state index in [0.717, 1.165) is 49.3 Å². The van der Waals surface area contributed by atoms with E-state index in [0.29, 0.717) is 0 Å². The first-order valence-corrected chi connectivity index (χ1v) is 6.48. The van der Waals surface area contributed by atoms with Gasteiger partial charge in [-0.25, -0.2) is 0 Å². The molecule has 1 aliphatic heterocycles.